The highest BCUT2D eigenvalue weighted by Gasteiger charge is 2.11. The van der Waals surface area contributed by atoms with Gasteiger partial charge in [0, 0.05) is 19.2 Å². The molecule has 2 heterocycles. The third-order valence-electron chi connectivity index (χ3n) is 3.30. The highest BCUT2D eigenvalue weighted by molar-refractivity contribution is 7.18. The maximum atomic E-state index is 12.3. The van der Waals surface area contributed by atoms with E-state index in [1.807, 2.05) is 29.7 Å². The Bertz CT molecular complexity index is 1000. The molecule has 0 saturated carbocycles. The Balaban J connectivity index is 2.08. The Morgan fingerprint density at radius 2 is 2.04 bits per heavy atom. The molecule has 0 fully saturated rings. The van der Waals surface area contributed by atoms with Crippen LogP contribution in [0, 0.1) is 0 Å². The van der Waals surface area contributed by atoms with Crippen molar-refractivity contribution in [3.63, 3.8) is 0 Å². The number of benzene rings is 1. The van der Waals surface area contributed by atoms with Gasteiger partial charge in [0.1, 0.15) is 0 Å². The number of halogens is 1. The van der Waals surface area contributed by atoms with E-state index in [0.717, 1.165) is 15.9 Å². The number of aromatic nitrogens is 1. The fourth-order valence-corrected chi connectivity index (χ4v) is 4.38. The molecule has 2 aromatic heterocycles. The van der Waals surface area contributed by atoms with Gasteiger partial charge in [0.25, 0.3) is 5.91 Å². The van der Waals surface area contributed by atoms with Gasteiger partial charge in [-0.05, 0) is 37.3 Å². The normalized spacial score (nSPS) is 11.9. The summed E-state index contributed by atoms with van der Waals surface area (Å²) in [6.45, 7) is 4.16. The van der Waals surface area contributed by atoms with Crippen LogP contribution in [-0.4, -0.2) is 16.4 Å². The topological polar surface area (TPSA) is 63.5 Å². The van der Waals surface area contributed by atoms with E-state index in [-0.39, 0.29) is 11.8 Å². The van der Waals surface area contributed by atoms with Crippen LogP contribution in [0.5, 0.6) is 0 Å². The van der Waals surface area contributed by atoms with Crippen LogP contribution < -0.4 is 10.1 Å². The van der Waals surface area contributed by atoms with Crippen molar-refractivity contribution in [3.05, 3.63) is 44.3 Å². The minimum Gasteiger partial charge on any atom is -0.326 e. The molecule has 3 rings (SSSR count). The molecule has 0 aliphatic heterocycles. The number of rotatable bonds is 3. The van der Waals surface area contributed by atoms with E-state index >= 15 is 0 Å². The van der Waals surface area contributed by atoms with Crippen LogP contribution >= 0.6 is 34.3 Å². The van der Waals surface area contributed by atoms with E-state index in [4.69, 9.17) is 11.6 Å². The molecule has 2 amide bonds. The lowest BCUT2D eigenvalue weighted by atomic mass is 10.3. The van der Waals surface area contributed by atoms with Gasteiger partial charge in [-0.15, -0.1) is 11.3 Å². The first kappa shape index (κ1) is 16.9. The third-order valence-corrected chi connectivity index (χ3v) is 5.56. The molecule has 0 saturated heterocycles. The van der Waals surface area contributed by atoms with Crippen LogP contribution in [0.2, 0.25) is 4.34 Å². The van der Waals surface area contributed by atoms with Gasteiger partial charge >= 0.3 is 0 Å². The predicted octanol–water partition coefficient (Wildman–Crippen LogP) is 4.14. The molecule has 5 nitrogen and oxygen atoms in total. The van der Waals surface area contributed by atoms with Crippen molar-refractivity contribution < 1.29 is 9.59 Å². The number of thiazole rings is 1. The molecular weight excluding hydrogens is 366 g/mol. The maximum Gasteiger partial charge on any atom is 0.289 e. The number of carbonyl (C=O) groups is 2. The molecule has 0 spiro atoms. The van der Waals surface area contributed by atoms with E-state index in [1.54, 1.807) is 12.1 Å². The monoisotopic (exact) mass is 379 g/mol. The number of thiophene rings is 1. The second-order valence-electron chi connectivity index (χ2n) is 5.01. The van der Waals surface area contributed by atoms with Crippen LogP contribution in [0.3, 0.4) is 0 Å². The molecule has 8 heteroatoms. The minimum atomic E-state index is -0.303. The van der Waals surface area contributed by atoms with Crippen molar-refractivity contribution >= 4 is 62.0 Å². The molecule has 0 atom stereocenters. The lowest BCUT2D eigenvalue weighted by Crippen LogP contribution is -2.15. The number of amides is 2. The Kier molecular flexibility index (Phi) is 4.84. The Morgan fingerprint density at radius 3 is 2.67 bits per heavy atom. The Labute approximate surface area is 151 Å². The molecule has 0 bridgehead atoms. The van der Waals surface area contributed by atoms with Gasteiger partial charge in [-0.1, -0.05) is 22.9 Å². The number of fused-ring (bicyclic) bond motifs is 1. The summed E-state index contributed by atoms with van der Waals surface area (Å²) in [5.41, 5.74) is 1.70. The molecule has 1 N–H and O–H groups in total. The smallest absolute Gasteiger partial charge is 0.289 e. The maximum absolute atomic E-state index is 12.3. The van der Waals surface area contributed by atoms with Crippen LogP contribution in [0.15, 0.2) is 35.3 Å². The van der Waals surface area contributed by atoms with Gasteiger partial charge in [-0.2, -0.15) is 4.99 Å². The number of carbonyl (C=O) groups excluding carboxylic acids is 2. The zero-order valence-electron chi connectivity index (χ0n) is 13.0. The van der Waals surface area contributed by atoms with Crippen LogP contribution in [0.25, 0.3) is 10.2 Å². The summed E-state index contributed by atoms with van der Waals surface area (Å²) in [6, 6.07) is 9.02. The Morgan fingerprint density at radius 1 is 1.25 bits per heavy atom. The average molecular weight is 380 g/mol. The van der Waals surface area contributed by atoms with Crippen LogP contribution in [0.1, 0.15) is 23.5 Å². The largest absolute Gasteiger partial charge is 0.326 e. The first-order valence-corrected chi connectivity index (χ1v) is 9.24. The van der Waals surface area contributed by atoms with Gasteiger partial charge in [0.15, 0.2) is 4.80 Å². The zero-order valence-corrected chi connectivity index (χ0v) is 15.4. The van der Waals surface area contributed by atoms with Crippen molar-refractivity contribution in [2.45, 2.75) is 20.4 Å². The number of hydrogen-bond donors (Lipinski definition) is 1. The first-order valence-electron chi connectivity index (χ1n) is 7.23. The van der Waals surface area contributed by atoms with Crippen molar-refractivity contribution in [3.8, 4) is 0 Å². The summed E-state index contributed by atoms with van der Waals surface area (Å²) in [5.74, 6) is -0.424. The van der Waals surface area contributed by atoms with Crippen LogP contribution in [-0.2, 0) is 11.3 Å². The van der Waals surface area contributed by atoms with Gasteiger partial charge in [-0.25, -0.2) is 0 Å². The van der Waals surface area contributed by atoms with E-state index in [1.165, 1.54) is 29.6 Å². The van der Waals surface area contributed by atoms with Crippen molar-refractivity contribution in [1.82, 2.24) is 4.57 Å². The summed E-state index contributed by atoms with van der Waals surface area (Å²) in [6.07, 6.45) is 0. The summed E-state index contributed by atoms with van der Waals surface area (Å²) in [7, 11) is 0. The molecule has 124 valence electrons. The van der Waals surface area contributed by atoms with E-state index in [2.05, 4.69) is 10.3 Å². The molecule has 0 aliphatic carbocycles. The highest BCUT2D eigenvalue weighted by atomic mass is 35.5. The summed E-state index contributed by atoms with van der Waals surface area (Å²) < 4.78 is 3.50. The SMILES string of the molecule is CCn1c(=NC(=O)c2ccc(Cl)s2)sc2cc(NC(C)=O)ccc21. The molecule has 0 unspecified atom stereocenters. The molecule has 3 aromatic rings. The highest BCUT2D eigenvalue weighted by Crippen LogP contribution is 2.24. The van der Waals surface area contributed by atoms with Crippen LogP contribution in [0.4, 0.5) is 5.69 Å². The van der Waals surface area contributed by atoms with Crippen molar-refractivity contribution in [2.24, 2.45) is 4.99 Å². The standard InChI is InChI=1S/C16H14ClN3O2S2/c1-3-20-11-5-4-10(18-9(2)21)8-13(11)24-16(20)19-15(22)12-6-7-14(17)23-12/h4-8H,3H2,1-2H3,(H,18,21). The number of nitrogens with one attached hydrogen (secondary N) is 1. The third kappa shape index (κ3) is 3.43. The van der Waals surface area contributed by atoms with Crippen molar-refractivity contribution in [1.29, 1.82) is 0 Å². The number of aryl methyl sites for hydroxylation is 1. The number of hydrogen-bond acceptors (Lipinski definition) is 4. The van der Waals surface area contributed by atoms with Gasteiger partial charge in [0.05, 0.1) is 19.4 Å². The fraction of sp³-hybridized carbons (Fsp3) is 0.188. The summed E-state index contributed by atoms with van der Waals surface area (Å²) in [5, 5.41) is 2.76. The first-order chi connectivity index (χ1) is 11.5. The number of anilines is 1. The van der Waals surface area contributed by atoms with Gasteiger partial charge in [0.2, 0.25) is 5.91 Å². The van der Waals surface area contributed by atoms with E-state index in [9.17, 15) is 9.59 Å². The molecule has 0 radical (unpaired) electrons. The second-order valence-corrected chi connectivity index (χ2v) is 7.74. The van der Waals surface area contributed by atoms with E-state index < -0.39 is 0 Å². The molecule has 24 heavy (non-hydrogen) atoms. The molecular formula is C16H14ClN3O2S2. The van der Waals surface area contributed by atoms with Gasteiger partial charge < -0.3 is 9.88 Å². The lowest BCUT2D eigenvalue weighted by Gasteiger charge is -2.03. The summed E-state index contributed by atoms with van der Waals surface area (Å²) in [4.78, 5) is 28.9. The van der Waals surface area contributed by atoms with Gasteiger partial charge in [-0.3, -0.25) is 9.59 Å². The molecule has 0 aliphatic rings. The Hall–Kier alpha value is -1.96. The average Bonchev–Trinajstić information content (AvgIpc) is 3.09. The van der Waals surface area contributed by atoms with E-state index in [0.29, 0.717) is 20.6 Å². The zero-order chi connectivity index (χ0) is 17.3. The quantitative estimate of drug-likeness (QED) is 0.743. The fourth-order valence-electron chi connectivity index (χ4n) is 2.32. The minimum absolute atomic E-state index is 0.121. The summed E-state index contributed by atoms with van der Waals surface area (Å²) >= 11 is 8.51. The second kappa shape index (κ2) is 6.88. The molecule has 1 aromatic carbocycles. The number of nitrogens with zero attached hydrogens (tertiary/aromatic N) is 2. The predicted molar refractivity (Wildman–Crippen MR) is 99.0 cm³/mol. The van der Waals surface area contributed by atoms with Crippen molar-refractivity contribution in [2.75, 3.05) is 5.32 Å². The lowest BCUT2D eigenvalue weighted by molar-refractivity contribution is -0.114.